The van der Waals surface area contributed by atoms with E-state index in [1.54, 1.807) is 37.1 Å². The minimum atomic E-state index is -0.209. The molecule has 0 atom stereocenters. The molecule has 2 amide bonds. The van der Waals surface area contributed by atoms with Crippen molar-refractivity contribution < 1.29 is 9.32 Å². The van der Waals surface area contributed by atoms with Crippen LogP contribution >= 0.6 is 23.2 Å². The van der Waals surface area contributed by atoms with Crippen LogP contribution in [-0.2, 0) is 0 Å². The molecule has 0 radical (unpaired) electrons. The summed E-state index contributed by atoms with van der Waals surface area (Å²) < 4.78 is 5.37. The van der Waals surface area contributed by atoms with Crippen LogP contribution < -0.4 is 9.80 Å². The largest absolute Gasteiger partial charge is 0.359 e. The van der Waals surface area contributed by atoms with Crippen molar-refractivity contribution in [2.45, 2.75) is 13.8 Å². The van der Waals surface area contributed by atoms with Gasteiger partial charge in [-0.2, -0.15) is 0 Å². The van der Waals surface area contributed by atoms with E-state index in [0.717, 1.165) is 5.69 Å². The number of amides is 2. The predicted octanol–water partition coefficient (Wildman–Crippen LogP) is 6.04. The lowest BCUT2D eigenvalue weighted by atomic mass is 10.1. The van der Waals surface area contributed by atoms with Crippen molar-refractivity contribution >= 4 is 40.6 Å². The Hall–Kier alpha value is -2.50. The Balaban J connectivity index is 2.04. The number of anilines is 2. The Morgan fingerprint density at radius 3 is 2.30 bits per heavy atom. The number of benzene rings is 2. The molecule has 140 valence electrons. The molecule has 0 bridgehead atoms. The predicted molar refractivity (Wildman–Crippen MR) is 110 cm³/mol. The summed E-state index contributed by atoms with van der Waals surface area (Å²) in [4.78, 5) is 16.4. The average Bonchev–Trinajstić information content (AvgIpc) is 3.03. The fraction of sp³-hybridized carbons (Fsp3) is 0.200. The Bertz CT molecular complexity index is 937. The molecule has 7 heteroatoms. The summed E-state index contributed by atoms with van der Waals surface area (Å²) in [5.41, 5.74) is 2.31. The summed E-state index contributed by atoms with van der Waals surface area (Å²) in [5, 5.41) is 4.99. The van der Waals surface area contributed by atoms with E-state index >= 15 is 0 Å². The van der Waals surface area contributed by atoms with Crippen LogP contribution in [0.4, 0.5) is 16.2 Å². The van der Waals surface area contributed by atoms with Gasteiger partial charge in [-0.05, 0) is 38.1 Å². The molecule has 5 nitrogen and oxygen atoms in total. The van der Waals surface area contributed by atoms with Crippen molar-refractivity contribution in [3.63, 3.8) is 0 Å². The van der Waals surface area contributed by atoms with Gasteiger partial charge in [-0.15, -0.1) is 0 Å². The summed E-state index contributed by atoms with van der Waals surface area (Å²) in [7, 11) is 1.68. The molecule has 0 unspecified atom stereocenters. The zero-order valence-corrected chi connectivity index (χ0v) is 16.8. The van der Waals surface area contributed by atoms with E-state index in [-0.39, 0.29) is 6.03 Å². The number of urea groups is 1. The number of hydrogen-bond acceptors (Lipinski definition) is 3. The second-order valence-electron chi connectivity index (χ2n) is 5.95. The Kier molecular flexibility index (Phi) is 5.73. The van der Waals surface area contributed by atoms with Gasteiger partial charge in [0.15, 0.2) is 5.76 Å². The smallest absolute Gasteiger partial charge is 0.328 e. The van der Waals surface area contributed by atoms with Crippen molar-refractivity contribution in [3.05, 3.63) is 64.3 Å². The lowest BCUT2D eigenvalue weighted by Gasteiger charge is -2.27. The minimum Gasteiger partial charge on any atom is -0.359 e. The molecule has 1 heterocycles. The molecule has 0 aliphatic heterocycles. The molecule has 0 fully saturated rings. The molecule has 1 aromatic heterocycles. The van der Waals surface area contributed by atoms with E-state index in [0.29, 0.717) is 39.3 Å². The quantitative estimate of drug-likeness (QED) is 0.533. The molecule has 0 saturated heterocycles. The zero-order valence-electron chi connectivity index (χ0n) is 15.2. The maximum Gasteiger partial charge on any atom is 0.328 e. The number of carbonyl (C=O) groups excluding carboxylic acids is 1. The highest BCUT2D eigenvalue weighted by Gasteiger charge is 2.28. The van der Waals surface area contributed by atoms with Crippen LogP contribution in [-0.4, -0.2) is 24.8 Å². The highest BCUT2D eigenvalue weighted by molar-refractivity contribution is 6.39. The average molecular weight is 404 g/mol. The summed E-state index contributed by atoms with van der Waals surface area (Å²) >= 11 is 12.7. The van der Waals surface area contributed by atoms with Gasteiger partial charge in [-0.3, -0.25) is 9.80 Å². The second kappa shape index (κ2) is 8.03. The van der Waals surface area contributed by atoms with Crippen molar-refractivity contribution in [2.24, 2.45) is 0 Å². The molecular formula is C20H19Cl2N3O2. The first kappa shape index (κ1) is 19.3. The lowest BCUT2D eigenvalue weighted by molar-refractivity contribution is 0.252. The Morgan fingerprint density at radius 2 is 1.70 bits per heavy atom. The number of para-hydroxylation sites is 1. The fourth-order valence-corrected chi connectivity index (χ4v) is 3.54. The van der Waals surface area contributed by atoms with Gasteiger partial charge in [0.2, 0.25) is 0 Å². The lowest BCUT2D eigenvalue weighted by Crippen LogP contribution is -2.41. The Labute approximate surface area is 168 Å². The number of carbonyl (C=O) groups is 1. The zero-order chi connectivity index (χ0) is 19.6. The monoisotopic (exact) mass is 403 g/mol. The van der Waals surface area contributed by atoms with Crippen LogP contribution in [0.15, 0.2) is 53.1 Å². The molecule has 0 saturated carbocycles. The third-order valence-electron chi connectivity index (χ3n) is 4.27. The van der Waals surface area contributed by atoms with E-state index in [9.17, 15) is 4.79 Å². The van der Waals surface area contributed by atoms with Crippen LogP contribution in [0.3, 0.4) is 0 Å². The molecule has 0 aliphatic rings. The first-order valence-corrected chi connectivity index (χ1v) is 9.22. The van der Waals surface area contributed by atoms with Crippen LogP contribution in [0.25, 0.3) is 11.3 Å². The van der Waals surface area contributed by atoms with E-state index in [2.05, 4.69) is 5.16 Å². The third kappa shape index (κ3) is 3.66. The first-order valence-electron chi connectivity index (χ1n) is 8.46. The summed E-state index contributed by atoms with van der Waals surface area (Å²) in [6.45, 7) is 4.18. The van der Waals surface area contributed by atoms with E-state index in [4.69, 9.17) is 27.7 Å². The SMILES string of the molecule is CCN(C(=O)N(C)c1c(-c2c(Cl)cccc2Cl)noc1C)c1ccccc1. The number of aryl methyl sites for hydroxylation is 1. The third-order valence-corrected chi connectivity index (χ3v) is 4.90. The molecule has 0 aliphatic carbocycles. The van der Waals surface area contributed by atoms with Gasteiger partial charge in [-0.1, -0.05) is 52.6 Å². The number of nitrogens with zero attached hydrogens (tertiary/aromatic N) is 3. The second-order valence-corrected chi connectivity index (χ2v) is 6.77. The molecule has 27 heavy (non-hydrogen) atoms. The maximum absolute atomic E-state index is 13.2. The number of hydrogen-bond donors (Lipinski definition) is 0. The summed E-state index contributed by atoms with van der Waals surface area (Å²) in [6.07, 6.45) is 0. The normalized spacial score (nSPS) is 10.7. The van der Waals surface area contributed by atoms with E-state index in [1.807, 2.05) is 37.3 Å². The van der Waals surface area contributed by atoms with Gasteiger partial charge in [0.05, 0.1) is 10.0 Å². The van der Waals surface area contributed by atoms with E-state index in [1.165, 1.54) is 4.90 Å². The van der Waals surface area contributed by atoms with Gasteiger partial charge in [0.1, 0.15) is 11.4 Å². The van der Waals surface area contributed by atoms with Crippen LogP contribution in [0.5, 0.6) is 0 Å². The van der Waals surface area contributed by atoms with Crippen molar-refractivity contribution in [1.82, 2.24) is 5.16 Å². The van der Waals surface area contributed by atoms with Crippen molar-refractivity contribution in [2.75, 3.05) is 23.4 Å². The molecule has 0 spiro atoms. The fourth-order valence-electron chi connectivity index (χ4n) is 2.96. The van der Waals surface area contributed by atoms with Gasteiger partial charge >= 0.3 is 6.03 Å². The van der Waals surface area contributed by atoms with Crippen molar-refractivity contribution in [1.29, 1.82) is 0 Å². The highest BCUT2D eigenvalue weighted by atomic mass is 35.5. The van der Waals surface area contributed by atoms with Crippen LogP contribution in [0.2, 0.25) is 10.0 Å². The topological polar surface area (TPSA) is 49.6 Å². The Morgan fingerprint density at radius 1 is 1.07 bits per heavy atom. The summed E-state index contributed by atoms with van der Waals surface area (Å²) in [6, 6.07) is 14.5. The molecule has 3 rings (SSSR count). The number of aromatic nitrogens is 1. The molecular weight excluding hydrogens is 385 g/mol. The van der Waals surface area contributed by atoms with Crippen LogP contribution in [0.1, 0.15) is 12.7 Å². The number of halogens is 2. The van der Waals surface area contributed by atoms with Crippen molar-refractivity contribution in [3.8, 4) is 11.3 Å². The molecule has 0 N–H and O–H groups in total. The van der Waals surface area contributed by atoms with Crippen LogP contribution in [0, 0.1) is 6.92 Å². The number of rotatable bonds is 4. The van der Waals surface area contributed by atoms with E-state index < -0.39 is 0 Å². The molecule has 2 aromatic carbocycles. The minimum absolute atomic E-state index is 0.209. The first-order chi connectivity index (χ1) is 13.0. The highest BCUT2D eigenvalue weighted by Crippen LogP contribution is 2.40. The standard InChI is InChI=1S/C20H19Cl2N3O2/c1-4-25(14-9-6-5-7-10-14)20(26)24(3)19-13(2)27-23-18(19)17-15(21)11-8-12-16(17)22/h5-12H,4H2,1-3H3. The molecule has 3 aromatic rings. The van der Waals surface area contributed by atoms with Gasteiger partial charge in [-0.25, -0.2) is 4.79 Å². The summed E-state index contributed by atoms with van der Waals surface area (Å²) in [5.74, 6) is 0.501. The van der Waals surface area contributed by atoms with Gasteiger partial charge in [0, 0.05) is 24.8 Å². The maximum atomic E-state index is 13.2. The van der Waals surface area contributed by atoms with Gasteiger partial charge in [0.25, 0.3) is 0 Å². The van der Waals surface area contributed by atoms with Gasteiger partial charge < -0.3 is 4.52 Å².